The molecule has 2 aromatic carbocycles. The van der Waals surface area contributed by atoms with Crippen LogP contribution in [0.1, 0.15) is 94.1 Å². The molecule has 210 valence electrons. The second-order valence-corrected chi connectivity index (χ2v) is 10.4. The highest BCUT2D eigenvalue weighted by atomic mass is 16.5. The van der Waals surface area contributed by atoms with Gasteiger partial charge in [0.05, 0.1) is 26.4 Å². The number of unbranched alkanes of at least 4 members (excludes halogenated alkanes) is 2. The molecule has 0 aliphatic carbocycles. The zero-order valence-corrected chi connectivity index (χ0v) is 24.1. The number of anilines is 1. The maximum Gasteiger partial charge on any atom is 0.337 e. The van der Waals surface area contributed by atoms with Crippen molar-refractivity contribution in [1.82, 2.24) is 0 Å². The molecule has 7 heteroatoms. The van der Waals surface area contributed by atoms with Crippen molar-refractivity contribution >= 4 is 17.6 Å². The quantitative estimate of drug-likeness (QED) is 0.201. The third-order valence-electron chi connectivity index (χ3n) is 6.46. The molecule has 0 fully saturated rings. The molecule has 1 atom stereocenters. The fraction of sp³-hybridized carbons (Fsp3) is 0.548. The average Bonchev–Trinajstić information content (AvgIpc) is 2.89. The van der Waals surface area contributed by atoms with Gasteiger partial charge in [-0.2, -0.15) is 0 Å². The maximum absolute atomic E-state index is 13.4. The largest absolute Gasteiger partial charge is 0.496 e. The minimum Gasteiger partial charge on any atom is -0.496 e. The van der Waals surface area contributed by atoms with Crippen molar-refractivity contribution in [3.63, 3.8) is 0 Å². The van der Waals surface area contributed by atoms with E-state index in [9.17, 15) is 9.59 Å². The molecule has 0 spiro atoms. The molecule has 2 rings (SSSR count). The highest BCUT2D eigenvalue weighted by Gasteiger charge is 2.24. The lowest BCUT2D eigenvalue weighted by Crippen LogP contribution is -2.21. The summed E-state index contributed by atoms with van der Waals surface area (Å²) >= 11 is 0. The monoisotopic (exact) mass is 527 g/mol. The van der Waals surface area contributed by atoms with Crippen molar-refractivity contribution in [2.75, 3.05) is 39.4 Å². The molecule has 38 heavy (non-hydrogen) atoms. The fourth-order valence-corrected chi connectivity index (χ4v) is 4.46. The van der Waals surface area contributed by atoms with Crippen LogP contribution in [0.4, 0.5) is 5.69 Å². The van der Waals surface area contributed by atoms with Crippen LogP contribution in [0.15, 0.2) is 36.4 Å². The van der Waals surface area contributed by atoms with Gasteiger partial charge >= 0.3 is 5.97 Å². The molecule has 1 unspecified atom stereocenters. The van der Waals surface area contributed by atoms with Crippen LogP contribution in [0.2, 0.25) is 0 Å². The van der Waals surface area contributed by atoms with Gasteiger partial charge in [-0.3, -0.25) is 4.79 Å². The summed E-state index contributed by atoms with van der Waals surface area (Å²) in [6, 6.07) is 11.1. The van der Waals surface area contributed by atoms with E-state index in [0.29, 0.717) is 42.6 Å². The van der Waals surface area contributed by atoms with Gasteiger partial charge < -0.3 is 24.3 Å². The van der Waals surface area contributed by atoms with Crippen molar-refractivity contribution < 1.29 is 28.5 Å². The summed E-state index contributed by atoms with van der Waals surface area (Å²) < 4.78 is 21.8. The summed E-state index contributed by atoms with van der Waals surface area (Å²) in [5.41, 5.74) is 2.74. The van der Waals surface area contributed by atoms with Crippen molar-refractivity contribution in [2.45, 2.75) is 78.1 Å². The standard InChI is InChI=1S/C31H45NO6/c1-8-10-11-12-22(25-15-14-24(21-28(25)35-6)38-18-17-37-9-2)20-29(33)32-27-19-23(30(34)36-7)13-16-26(27)31(3,4)5/h13-16,19,21-22H,8-12,17-18,20H2,1-7H3,(H,32,33). The Hall–Kier alpha value is -3.06. The first-order valence-electron chi connectivity index (χ1n) is 13.6. The van der Waals surface area contributed by atoms with Crippen LogP contribution in [0.3, 0.4) is 0 Å². The first-order valence-corrected chi connectivity index (χ1v) is 13.6. The smallest absolute Gasteiger partial charge is 0.337 e. The highest BCUT2D eigenvalue weighted by Crippen LogP contribution is 2.37. The number of carbonyl (C=O) groups is 2. The number of methoxy groups -OCH3 is 2. The molecule has 7 nitrogen and oxygen atoms in total. The molecule has 0 aliphatic heterocycles. The van der Waals surface area contributed by atoms with Crippen LogP contribution in [0, 0.1) is 0 Å². The Morgan fingerprint density at radius 2 is 1.74 bits per heavy atom. The minimum absolute atomic E-state index is 0.0316. The number of benzene rings is 2. The van der Waals surface area contributed by atoms with Crippen molar-refractivity contribution in [3.8, 4) is 11.5 Å². The third kappa shape index (κ3) is 9.35. The fourth-order valence-electron chi connectivity index (χ4n) is 4.46. The Bertz CT molecular complexity index is 1040. The highest BCUT2D eigenvalue weighted by molar-refractivity contribution is 5.96. The van der Waals surface area contributed by atoms with E-state index in [-0.39, 0.29) is 23.7 Å². The first kappa shape index (κ1) is 31.2. The Balaban J connectivity index is 2.30. The third-order valence-corrected chi connectivity index (χ3v) is 6.46. The second kappa shape index (κ2) is 15.4. The molecule has 0 bridgehead atoms. The number of amides is 1. The number of esters is 1. The van der Waals surface area contributed by atoms with Gasteiger partial charge in [0.25, 0.3) is 0 Å². The van der Waals surface area contributed by atoms with E-state index in [1.807, 2.05) is 31.2 Å². The van der Waals surface area contributed by atoms with Gasteiger partial charge in [-0.15, -0.1) is 0 Å². The Morgan fingerprint density at radius 1 is 0.974 bits per heavy atom. The van der Waals surface area contributed by atoms with Gasteiger partial charge in [0.2, 0.25) is 5.91 Å². The zero-order chi connectivity index (χ0) is 28.1. The number of hydrogen-bond acceptors (Lipinski definition) is 6. The SMILES string of the molecule is CCCCCC(CC(=O)Nc1cc(C(=O)OC)ccc1C(C)(C)C)c1ccc(OCCOCC)cc1OC. The van der Waals surface area contributed by atoms with Crippen molar-refractivity contribution in [3.05, 3.63) is 53.1 Å². The summed E-state index contributed by atoms with van der Waals surface area (Å²) in [4.78, 5) is 25.6. The van der Waals surface area contributed by atoms with Crippen LogP contribution in [0.25, 0.3) is 0 Å². The summed E-state index contributed by atoms with van der Waals surface area (Å²) in [5.74, 6) is 0.827. The number of ether oxygens (including phenoxy) is 4. The molecule has 0 heterocycles. The van der Waals surface area contributed by atoms with Crippen LogP contribution in [0.5, 0.6) is 11.5 Å². The van der Waals surface area contributed by atoms with E-state index in [0.717, 1.165) is 36.8 Å². The topological polar surface area (TPSA) is 83.1 Å². The van der Waals surface area contributed by atoms with Crippen LogP contribution in [-0.4, -0.2) is 45.9 Å². The van der Waals surface area contributed by atoms with Crippen LogP contribution in [-0.2, 0) is 19.7 Å². The zero-order valence-electron chi connectivity index (χ0n) is 24.1. The van der Waals surface area contributed by atoms with E-state index in [4.69, 9.17) is 18.9 Å². The molecule has 0 saturated carbocycles. The lowest BCUT2D eigenvalue weighted by molar-refractivity contribution is -0.116. The number of rotatable bonds is 15. The molecular weight excluding hydrogens is 482 g/mol. The Labute approximate surface area is 228 Å². The first-order chi connectivity index (χ1) is 18.1. The lowest BCUT2D eigenvalue weighted by Gasteiger charge is -2.25. The minimum atomic E-state index is -0.438. The average molecular weight is 528 g/mol. The second-order valence-electron chi connectivity index (χ2n) is 10.4. The predicted molar refractivity (Wildman–Crippen MR) is 152 cm³/mol. The number of nitrogens with one attached hydrogen (secondary N) is 1. The van der Waals surface area contributed by atoms with Gasteiger partial charge in [0.15, 0.2) is 0 Å². The normalized spacial score (nSPS) is 12.1. The number of carbonyl (C=O) groups excluding carboxylic acids is 2. The summed E-state index contributed by atoms with van der Waals surface area (Å²) in [5, 5.41) is 3.09. The Kier molecular flexibility index (Phi) is 12.6. The maximum atomic E-state index is 13.4. The van der Waals surface area contributed by atoms with E-state index in [1.165, 1.54) is 7.11 Å². The van der Waals surface area contributed by atoms with Gasteiger partial charge in [0, 0.05) is 24.8 Å². The lowest BCUT2D eigenvalue weighted by atomic mass is 9.85. The van der Waals surface area contributed by atoms with E-state index in [1.54, 1.807) is 19.2 Å². The van der Waals surface area contributed by atoms with E-state index in [2.05, 4.69) is 33.0 Å². The van der Waals surface area contributed by atoms with Crippen LogP contribution < -0.4 is 14.8 Å². The van der Waals surface area contributed by atoms with E-state index < -0.39 is 5.97 Å². The molecular formula is C31H45NO6. The number of hydrogen-bond donors (Lipinski definition) is 1. The van der Waals surface area contributed by atoms with E-state index >= 15 is 0 Å². The predicted octanol–water partition coefficient (Wildman–Crippen LogP) is 6.89. The summed E-state index contributed by atoms with van der Waals surface area (Å²) in [7, 11) is 2.99. The molecule has 0 saturated heterocycles. The molecule has 2 aromatic rings. The van der Waals surface area contributed by atoms with Gasteiger partial charge in [-0.05, 0) is 54.0 Å². The Morgan fingerprint density at radius 3 is 2.37 bits per heavy atom. The van der Waals surface area contributed by atoms with Crippen molar-refractivity contribution in [2.24, 2.45) is 0 Å². The molecule has 0 radical (unpaired) electrons. The molecule has 0 aliphatic rings. The molecule has 0 aromatic heterocycles. The molecule has 1 amide bonds. The summed E-state index contributed by atoms with van der Waals surface area (Å²) in [6.07, 6.45) is 4.34. The van der Waals surface area contributed by atoms with Gasteiger partial charge in [0.1, 0.15) is 18.1 Å². The van der Waals surface area contributed by atoms with Crippen LogP contribution >= 0.6 is 0 Å². The van der Waals surface area contributed by atoms with Crippen molar-refractivity contribution in [1.29, 1.82) is 0 Å². The molecule has 1 N–H and O–H groups in total. The van der Waals surface area contributed by atoms with Gasteiger partial charge in [-0.1, -0.05) is 59.1 Å². The summed E-state index contributed by atoms with van der Waals surface area (Å²) in [6.45, 7) is 12.0. The van der Waals surface area contributed by atoms with Gasteiger partial charge in [-0.25, -0.2) is 4.79 Å².